The molecule has 0 aliphatic heterocycles. The molecule has 0 saturated carbocycles. The first-order valence-electron chi connectivity index (χ1n) is 6.63. The molecule has 3 aromatic rings. The third-order valence-corrected chi connectivity index (χ3v) is 3.13. The lowest BCUT2D eigenvalue weighted by molar-refractivity contribution is 1.08. The van der Waals surface area contributed by atoms with Gasteiger partial charge in [-0.2, -0.15) is 5.26 Å². The molecule has 0 atom stereocenters. The summed E-state index contributed by atoms with van der Waals surface area (Å²) in [6, 6.07) is 21.5. The zero-order valence-electron chi connectivity index (χ0n) is 11.3. The van der Waals surface area contributed by atoms with Crippen molar-refractivity contribution < 1.29 is 0 Å². The third kappa shape index (κ3) is 3.07. The summed E-state index contributed by atoms with van der Waals surface area (Å²) in [5.74, 6) is 0. The average molecular weight is 271 g/mol. The highest BCUT2D eigenvalue weighted by atomic mass is 14.9. The molecule has 0 bridgehead atoms. The second-order valence-corrected chi connectivity index (χ2v) is 4.60. The van der Waals surface area contributed by atoms with Crippen molar-refractivity contribution in [2.45, 2.75) is 0 Å². The van der Waals surface area contributed by atoms with Crippen LogP contribution < -0.4 is 0 Å². The molecule has 0 amide bonds. The molecule has 2 aromatic carbocycles. The number of hydrogen-bond donors (Lipinski definition) is 0. The lowest BCUT2D eigenvalue weighted by Gasteiger charge is -2.00. The molecule has 1 heterocycles. The summed E-state index contributed by atoms with van der Waals surface area (Å²) in [5.41, 5.74) is 3.63. The predicted octanol–water partition coefficient (Wildman–Crippen LogP) is 4.10. The molecule has 0 radical (unpaired) electrons. The fraction of sp³-hybridized carbons (Fsp3) is 0. The number of aliphatic imine (C=N–C) groups is 1. The van der Waals surface area contributed by atoms with E-state index in [0.29, 0.717) is 5.56 Å². The Hall–Kier alpha value is -3.12. The minimum absolute atomic E-state index is 0.643. The molecule has 0 fully saturated rings. The minimum atomic E-state index is 0.643. The van der Waals surface area contributed by atoms with Crippen LogP contribution >= 0.6 is 0 Å². The molecule has 3 rings (SSSR count). The number of benzene rings is 2. The number of rotatable bonds is 3. The molecule has 0 unspecified atom stereocenters. The van der Waals surface area contributed by atoms with Crippen molar-refractivity contribution in [2.24, 2.45) is 4.99 Å². The Morgan fingerprint density at radius 2 is 1.71 bits per heavy atom. The number of nitriles is 1. The molecule has 0 spiro atoms. The second-order valence-electron chi connectivity index (χ2n) is 4.60. The van der Waals surface area contributed by atoms with E-state index >= 15 is 0 Å². The summed E-state index contributed by atoms with van der Waals surface area (Å²) in [6.07, 6.45) is 5.86. The van der Waals surface area contributed by atoms with Gasteiger partial charge in [0, 0.05) is 29.9 Å². The molecular weight excluding hydrogens is 258 g/mol. The minimum Gasteiger partial charge on any atom is -0.323 e. The Balaban J connectivity index is 1.78. The molecule has 3 heteroatoms. The maximum absolute atomic E-state index is 8.76. The van der Waals surface area contributed by atoms with Crippen LogP contribution in [-0.4, -0.2) is 10.8 Å². The number of para-hydroxylation sites is 1. The highest BCUT2D eigenvalue weighted by molar-refractivity contribution is 5.81. The van der Waals surface area contributed by atoms with E-state index in [1.54, 1.807) is 12.1 Å². The summed E-state index contributed by atoms with van der Waals surface area (Å²) in [7, 11) is 0. The summed E-state index contributed by atoms with van der Waals surface area (Å²) < 4.78 is 2.06. The van der Waals surface area contributed by atoms with Gasteiger partial charge in [0.2, 0.25) is 0 Å². The Labute approximate surface area is 123 Å². The van der Waals surface area contributed by atoms with E-state index in [1.165, 1.54) is 0 Å². The van der Waals surface area contributed by atoms with E-state index in [-0.39, 0.29) is 0 Å². The van der Waals surface area contributed by atoms with Crippen LogP contribution in [0.1, 0.15) is 11.1 Å². The van der Waals surface area contributed by atoms with E-state index in [2.05, 4.69) is 27.8 Å². The maximum atomic E-state index is 8.76. The zero-order valence-corrected chi connectivity index (χ0v) is 11.3. The Morgan fingerprint density at radius 1 is 0.952 bits per heavy atom. The first kappa shape index (κ1) is 12.9. The molecular formula is C18H13N3. The molecule has 3 nitrogen and oxygen atoms in total. The molecule has 0 N–H and O–H groups in total. The zero-order chi connectivity index (χ0) is 14.5. The lowest BCUT2D eigenvalue weighted by Crippen LogP contribution is -1.88. The van der Waals surface area contributed by atoms with Gasteiger partial charge >= 0.3 is 0 Å². The largest absolute Gasteiger partial charge is 0.323 e. The molecule has 21 heavy (non-hydrogen) atoms. The second kappa shape index (κ2) is 5.89. The summed E-state index contributed by atoms with van der Waals surface area (Å²) in [4.78, 5) is 4.41. The average Bonchev–Trinajstić information content (AvgIpc) is 3.03. The van der Waals surface area contributed by atoms with Crippen LogP contribution in [0.5, 0.6) is 0 Å². The van der Waals surface area contributed by atoms with Crippen LogP contribution in [0.25, 0.3) is 5.69 Å². The van der Waals surface area contributed by atoms with Gasteiger partial charge in [-0.3, -0.25) is 4.99 Å². The van der Waals surface area contributed by atoms with Gasteiger partial charge in [0.15, 0.2) is 0 Å². The quantitative estimate of drug-likeness (QED) is 0.661. The predicted molar refractivity (Wildman–Crippen MR) is 84.2 cm³/mol. The number of aromatic nitrogens is 1. The van der Waals surface area contributed by atoms with Gasteiger partial charge in [0.25, 0.3) is 0 Å². The fourth-order valence-corrected chi connectivity index (χ4v) is 2.02. The maximum Gasteiger partial charge on any atom is 0.0991 e. The smallest absolute Gasteiger partial charge is 0.0991 e. The fourth-order valence-electron chi connectivity index (χ4n) is 2.02. The van der Waals surface area contributed by atoms with Crippen LogP contribution in [0.3, 0.4) is 0 Å². The third-order valence-electron chi connectivity index (χ3n) is 3.13. The van der Waals surface area contributed by atoms with E-state index in [9.17, 15) is 0 Å². The van der Waals surface area contributed by atoms with Crippen molar-refractivity contribution in [2.75, 3.05) is 0 Å². The van der Waals surface area contributed by atoms with Gasteiger partial charge in [0.1, 0.15) is 0 Å². The van der Waals surface area contributed by atoms with Gasteiger partial charge in [-0.1, -0.05) is 18.2 Å². The van der Waals surface area contributed by atoms with Crippen LogP contribution in [0, 0.1) is 11.3 Å². The molecule has 0 aliphatic rings. The molecule has 100 valence electrons. The molecule has 0 aliphatic carbocycles. The van der Waals surface area contributed by atoms with Gasteiger partial charge in [-0.15, -0.1) is 0 Å². The topological polar surface area (TPSA) is 41.1 Å². The standard InChI is InChI=1S/C18H13N3/c19-12-15-6-8-17(9-7-15)20-13-16-10-11-21(14-16)18-4-2-1-3-5-18/h1-11,13-14H. The van der Waals surface area contributed by atoms with Gasteiger partial charge in [0.05, 0.1) is 17.3 Å². The highest BCUT2D eigenvalue weighted by Gasteiger charge is 1.97. The van der Waals surface area contributed by atoms with Crippen LogP contribution in [0.4, 0.5) is 5.69 Å². The van der Waals surface area contributed by atoms with Crippen molar-refractivity contribution in [3.05, 3.63) is 84.2 Å². The van der Waals surface area contributed by atoms with Crippen molar-refractivity contribution in [3.63, 3.8) is 0 Å². The normalized spacial score (nSPS) is 10.6. The number of nitrogens with zero attached hydrogens (tertiary/aromatic N) is 3. The van der Waals surface area contributed by atoms with Crippen LogP contribution in [0.15, 0.2) is 78.0 Å². The number of hydrogen-bond acceptors (Lipinski definition) is 2. The first-order valence-corrected chi connectivity index (χ1v) is 6.63. The van der Waals surface area contributed by atoms with Crippen molar-refractivity contribution >= 4 is 11.9 Å². The Kier molecular flexibility index (Phi) is 3.62. The van der Waals surface area contributed by atoms with E-state index in [0.717, 1.165) is 16.9 Å². The Bertz CT molecular complexity index is 790. The summed E-state index contributed by atoms with van der Waals surface area (Å²) >= 11 is 0. The lowest BCUT2D eigenvalue weighted by atomic mass is 10.2. The monoisotopic (exact) mass is 271 g/mol. The van der Waals surface area contributed by atoms with Gasteiger partial charge in [-0.25, -0.2) is 0 Å². The van der Waals surface area contributed by atoms with E-state index in [4.69, 9.17) is 5.26 Å². The van der Waals surface area contributed by atoms with Crippen molar-refractivity contribution in [1.82, 2.24) is 4.57 Å². The summed E-state index contributed by atoms with van der Waals surface area (Å²) in [5, 5.41) is 8.76. The summed E-state index contributed by atoms with van der Waals surface area (Å²) in [6.45, 7) is 0. The van der Waals surface area contributed by atoms with Crippen LogP contribution in [-0.2, 0) is 0 Å². The van der Waals surface area contributed by atoms with Gasteiger partial charge in [-0.05, 0) is 42.5 Å². The Morgan fingerprint density at radius 3 is 2.43 bits per heavy atom. The van der Waals surface area contributed by atoms with Crippen molar-refractivity contribution in [1.29, 1.82) is 5.26 Å². The SMILES string of the molecule is N#Cc1ccc(N=Cc2ccn(-c3ccccc3)c2)cc1. The van der Waals surface area contributed by atoms with Crippen molar-refractivity contribution in [3.8, 4) is 11.8 Å². The van der Waals surface area contributed by atoms with Crippen LogP contribution in [0.2, 0.25) is 0 Å². The first-order chi connectivity index (χ1) is 10.3. The highest BCUT2D eigenvalue weighted by Crippen LogP contribution is 2.14. The van der Waals surface area contributed by atoms with E-state index < -0.39 is 0 Å². The molecule has 1 aromatic heterocycles. The van der Waals surface area contributed by atoms with E-state index in [1.807, 2.05) is 55.0 Å². The van der Waals surface area contributed by atoms with Gasteiger partial charge < -0.3 is 4.57 Å². The molecule has 0 saturated heterocycles.